The number of carbonyl (C=O) groups is 3. The normalized spacial score (nSPS) is 18.5. The number of hydrogen-bond acceptors (Lipinski definition) is 7. The summed E-state index contributed by atoms with van der Waals surface area (Å²) >= 11 is 0. The second-order valence-corrected chi connectivity index (χ2v) is 8.70. The van der Waals surface area contributed by atoms with Crippen LogP contribution in [0.4, 0.5) is 5.69 Å². The van der Waals surface area contributed by atoms with E-state index in [0.717, 1.165) is 69.6 Å². The summed E-state index contributed by atoms with van der Waals surface area (Å²) in [6.45, 7) is 6.30. The minimum absolute atomic E-state index is 0. The van der Waals surface area contributed by atoms with Crippen LogP contribution in [0, 0.1) is 0 Å². The SMILES string of the molecule is CN(Cc1c(C=O)cccc1N1CCC(N2CCNCC2)CC1)C(CCC([NH-])=O)C(=O)O.[Pd]. The molecule has 1 amide bonds. The van der Waals surface area contributed by atoms with Gasteiger partial charge in [-0.2, -0.15) is 0 Å². The molecule has 0 saturated carbocycles. The number of hydrogen-bond donors (Lipinski definition) is 2. The van der Waals surface area contributed by atoms with Crippen LogP contribution < -0.4 is 10.2 Å². The Hall–Kier alpha value is -1.83. The van der Waals surface area contributed by atoms with Crippen LogP contribution in [-0.2, 0) is 36.6 Å². The standard InChI is InChI=1S/C23H35N5O4.Pd/c1-26(21(23(31)32)5-6-22(24)30)15-19-17(16-29)3-2-4-20(19)28-11-7-18(8-12-28)27-13-9-25-10-14-27;/h2-4,16,18,21,25H,5-15H2,1H3,(H3,24,30,31,32);/p-1. The number of amides is 1. The van der Waals surface area contributed by atoms with Crippen LogP contribution in [0.5, 0.6) is 0 Å². The molecule has 1 atom stereocenters. The molecular weight excluding hydrogens is 517 g/mol. The van der Waals surface area contributed by atoms with Gasteiger partial charge in [-0.1, -0.05) is 12.1 Å². The van der Waals surface area contributed by atoms with Gasteiger partial charge >= 0.3 is 5.97 Å². The zero-order valence-corrected chi connectivity index (χ0v) is 20.6. The average molecular weight is 551 g/mol. The third-order valence-electron chi connectivity index (χ3n) is 6.66. The zero-order valence-electron chi connectivity index (χ0n) is 19.1. The largest absolute Gasteiger partial charge is 0.668 e. The minimum Gasteiger partial charge on any atom is -0.668 e. The molecule has 2 aliphatic heterocycles. The van der Waals surface area contributed by atoms with Crippen molar-refractivity contribution in [3.63, 3.8) is 0 Å². The summed E-state index contributed by atoms with van der Waals surface area (Å²) in [4.78, 5) is 41.1. The first-order valence-electron chi connectivity index (χ1n) is 11.3. The Labute approximate surface area is 209 Å². The fourth-order valence-electron chi connectivity index (χ4n) is 4.85. The molecule has 1 aromatic carbocycles. The van der Waals surface area contributed by atoms with Crippen molar-refractivity contribution >= 4 is 23.9 Å². The molecule has 3 N–H and O–H groups in total. The van der Waals surface area contributed by atoms with Crippen LogP contribution in [0.3, 0.4) is 0 Å². The van der Waals surface area contributed by atoms with Gasteiger partial charge in [0, 0.05) is 89.4 Å². The Morgan fingerprint density at radius 1 is 1.24 bits per heavy atom. The van der Waals surface area contributed by atoms with E-state index < -0.39 is 17.9 Å². The molecule has 2 aliphatic rings. The molecule has 1 aromatic rings. The van der Waals surface area contributed by atoms with Crippen molar-refractivity contribution in [1.29, 1.82) is 0 Å². The second kappa shape index (κ2) is 13.2. The van der Waals surface area contributed by atoms with Crippen LogP contribution in [0.25, 0.3) is 5.73 Å². The Bertz CT molecular complexity index is 810. The molecule has 0 aromatic heterocycles. The molecule has 2 heterocycles. The molecule has 10 heteroatoms. The van der Waals surface area contributed by atoms with Crippen LogP contribution in [0.2, 0.25) is 0 Å². The summed E-state index contributed by atoms with van der Waals surface area (Å²) in [5.41, 5.74) is 9.43. The maximum absolute atomic E-state index is 11.8. The number of anilines is 1. The van der Waals surface area contributed by atoms with Gasteiger partial charge in [0.1, 0.15) is 12.3 Å². The third-order valence-corrected chi connectivity index (χ3v) is 6.66. The van der Waals surface area contributed by atoms with E-state index in [0.29, 0.717) is 11.6 Å². The van der Waals surface area contributed by atoms with E-state index >= 15 is 0 Å². The van der Waals surface area contributed by atoms with Gasteiger partial charge in [-0.3, -0.25) is 19.4 Å². The molecule has 33 heavy (non-hydrogen) atoms. The van der Waals surface area contributed by atoms with E-state index in [9.17, 15) is 19.5 Å². The van der Waals surface area contributed by atoms with E-state index in [1.165, 1.54) is 0 Å². The van der Waals surface area contributed by atoms with Gasteiger partial charge < -0.3 is 25.9 Å². The Morgan fingerprint density at radius 2 is 1.91 bits per heavy atom. The molecule has 186 valence electrons. The van der Waals surface area contributed by atoms with Crippen molar-refractivity contribution in [3.8, 4) is 0 Å². The Kier molecular flexibility index (Phi) is 10.9. The maximum Gasteiger partial charge on any atom is 0.320 e. The van der Waals surface area contributed by atoms with E-state index in [2.05, 4.69) is 15.1 Å². The topological polar surface area (TPSA) is 117 Å². The molecule has 3 rings (SSSR count). The number of piperazine rings is 1. The maximum atomic E-state index is 11.8. The number of benzene rings is 1. The van der Waals surface area contributed by atoms with Crippen LogP contribution >= 0.6 is 0 Å². The number of carboxylic acid groups (broad SMARTS) is 1. The number of aliphatic carboxylic acids is 1. The summed E-state index contributed by atoms with van der Waals surface area (Å²) in [5, 5.41) is 13.0. The summed E-state index contributed by atoms with van der Waals surface area (Å²) in [7, 11) is 1.69. The van der Waals surface area contributed by atoms with Crippen molar-refractivity contribution in [2.45, 2.75) is 44.3 Å². The molecule has 2 saturated heterocycles. The summed E-state index contributed by atoms with van der Waals surface area (Å²) < 4.78 is 0. The number of nitrogens with one attached hydrogen (secondary N) is 2. The number of piperidine rings is 1. The quantitative estimate of drug-likeness (QED) is 0.333. The van der Waals surface area contributed by atoms with E-state index in [1.54, 1.807) is 18.0 Å². The van der Waals surface area contributed by atoms with Crippen LogP contribution in [0.15, 0.2) is 18.2 Å². The van der Waals surface area contributed by atoms with Gasteiger partial charge in [0.15, 0.2) is 0 Å². The van der Waals surface area contributed by atoms with Gasteiger partial charge in [0.05, 0.1) is 0 Å². The van der Waals surface area contributed by atoms with Crippen molar-refractivity contribution in [2.24, 2.45) is 0 Å². The number of carbonyl (C=O) groups excluding carboxylic acids is 2. The first-order chi connectivity index (χ1) is 15.4. The van der Waals surface area contributed by atoms with Crippen LogP contribution in [-0.4, -0.2) is 91.5 Å². The Morgan fingerprint density at radius 3 is 2.48 bits per heavy atom. The summed E-state index contributed by atoms with van der Waals surface area (Å²) in [5.74, 6) is -1.80. The van der Waals surface area contributed by atoms with Gasteiger partial charge in [-0.15, -0.1) is 0 Å². The van der Waals surface area contributed by atoms with Crippen molar-refractivity contribution in [1.82, 2.24) is 15.1 Å². The first kappa shape index (κ1) is 27.4. The third kappa shape index (κ3) is 7.33. The predicted molar refractivity (Wildman–Crippen MR) is 123 cm³/mol. The predicted octanol–water partition coefficient (Wildman–Crippen LogP) is 1.61. The first-order valence-corrected chi connectivity index (χ1v) is 11.3. The molecular formula is C23H34N5O4Pd-. The molecule has 1 unspecified atom stereocenters. The van der Waals surface area contributed by atoms with E-state index in [1.807, 2.05) is 12.1 Å². The fraction of sp³-hybridized carbons (Fsp3) is 0.609. The molecule has 0 aliphatic carbocycles. The van der Waals surface area contributed by atoms with E-state index in [-0.39, 0.29) is 39.8 Å². The van der Waals surface area contributed by atoms with Crippen molar-refractivity contribution in [3.05, 3.63) is 35.1 Å². The molecule has 9 nitrogen and oxygen atoms in total. The zero-order chi connectivity index (χ0) is 23.1. The molecule has 0 bridgehead atoms. The van der Waals surface area contributed by atoms with Crippen molar-refractivity contribution < 1.29 is 39.9 Å². The minimum atomic E-state index is -1.03. The number of carboxylic acids is 1. The second-order valence-electron chi connectivity index (χ2n) is 8.70. The number of rotatable bonds is 10. The fourth-order valence-corrected chi connectivity index (χ4v) is 4.85. The number of nitrogens with zero attached hydrogens (tertiary/aromatic N) is 3. The van der Waals surface area contributed by atoms with Gasteiger partial charge in [0.25, 0.3) is 0 Å². The molecule has 0 spiro atoms. The summed E-state index contributed by atoms with van der Waals surface area (Å²) in [6.07, 6.45) is 2.91. The number of aldehydes is 1. The van der Waals surface area contributed by atoms with Gasteiger partial charge in [0.2, 0.25) is 0 Å². The molecule has 2 fully saturated rings. The smallest absolute Gasteiger partial charge is 0.320 e. The van der Waals surface area contributed by atoms with E-state index in [4.69, 9.17) is 5.73 Å². The monoisotopic (exact) mass is 550 g/mol. The average Bonchev–Trinajstić information content (AvgIpc) is 2.79. The molecule has 0 radical (unpaired) electrons. The van der Waals surface area contributed by atoms with Gasteiger partial charge in [-0.05, 0) is 44.4 Å². The number of likely N-dealkylation sites (N-methyl/N-ethyl adjacent to an activating group) is 1. The van der Waals surface area contributed by atoms with Gasteiger partial charge in [-0.25, -0.2) is 0 Å². The Balaban J connectivity index is 0.00000385. The summed E-state index contributed by atoms with van der Waals surface area (Å²) in [6, 6.07) is 5.32. The van der Waals surface area contributed by atoms with Crippen LogP contribution in [0.1, 0.15) is 41.6 Å². The van der Waals surface area contributed by atoms with Crippen molar-refractivity contribution in [2.75, 3.05) is 51.2 Å².